The molecule has 0 aliphatic carbocycles. The highest BCUT2D eigenvalue weighted by Crippen LogP contribution is 2.34. The highest BCUT2D eigenvalue weighted by molar-refractivity contribution is 7.91. The van der Waals surface area contributed by atoms with Crippen molar-refractivity contribution in [1.29, 1.82) is 0 Å². The van der Waals surface area contributed by atoms with Crippen molar-refractivity contribution in [1.82, 2.24) is 0 Å². The molecule has 0 unspecified atom stereocenters. The van der Waals surface area contributed by atoms with Gasteiger partial charge < -0.3 is 10.2 Å². The number of hydrogen-bond donors (Lipinski definition) is 1. The van der Waals surface area contributed by atoms with Crippen molar-refractivity contribution in [2.24, 2.45) is 0 Å². The van der Waals surface area contributed by atoms with E-state index in [0.717, 1.165) is 17.7 Å². The molecule has 1 aliphatic heterocycles. The molecule has 1 aliphatic rings. The second-order valence-corrected chi connectivity index (χ2v) is 9.09. The van der Waals surface area contributed by atoms with Gasteiger partial charge in [0.15, 0.2) is 21.5 Å². The maximum Gasteiger partial charge on any atom is 0.225 e. The maximum atomic E-state index is 13.2. The Bertz CT molecular complexity index is 1090. The SMILES string of the molecule is CC(=O)N1c2ccc(S(=O)(=O)CCC(=O)Nc3ccc(F)c(F)c3)cc2C[C@H]1C. The fourth-order valence-electron chi connectivity index (χ4n) is 3.42. The first kappa shape index (κ1) is 20.9. The van der Waals surface area contributed by atoms with E-state index in [1.165, 1.54) is 25.1 Å². The van der Waals surface area contributed by atoms with Crippen LogP contribution in [0.2, 0.25) is 0 Å². The summed E-state index contributed by atoms with van der Waals surface area (Å²) in [7, 11) is -3.74. The van der Waals surface area contributed by atoms with Crippen molar-refractivity contribution in [3.05, 3.63) is 53.6 Å². The van der Waals surface area contributed by atoms with Crippen LogP contribution in [0.15, 0.2) is 41.3 Å². The largest absolute Gasteiger partial charge is 0.326 e. The van der Waals surface area contributed by atoms with Crippen molar-refractivity contribution < 1.29 is 26.8 Å². The van der Waals surface area contributed by atoms with Gasteiger partial charge in [-0.15, -0.1) is 0 Å². The van der Waals surface area contributed by atoms with Gasteiger partial charge in [-0.2, -0.15) is 0 Å². The molecular weight excluding hydrogens is 402 g/mol. The Morgan fingerprint density at radius 3 is 2.52 bits per heavy atom. The van der Waals surface area contributed by atoms with Crippen LogP contribution in [0.25, 0.3) is 0 Å². The summed E-state index contributed by atoms with van der Waals surface area (Å²) in [6, 6.07) is 7.40. The topological polar surface area (TPSA) is 83.6 Å². The third kappa shape index (κ3) is 4.45. The second-order valence-electron chi connectivity index (χ2n) is 6.98. The zero-order valence-corrected chi connectivity index (χ0v) is 16.7. The summed E-state index contributed by atoms with van der Waals surface area (Å²) in [4.78, 5) is 25.5. The molecule has 2 aromatic rings. The van der Waals surface area contributed by atoms with Crippen LogP contribution in [-0.2, 0) is 25.8 Å². The highest BCUT2D eigenvalue weighted by Gasteiger charge is 2.30. The summed E-state index contributed by atoms with van der Waals surface area (Å²) < 4.78 is 51.3. The monoisotopic (exact) mass is 422 g/mol. The first-order valence-corrected chi connectivity index (χ1v) is 10.6. The number of amides is 2. The smallest absolute Gasteiger partial charge is 0.225 e. The molecule has 0 saturated carbocycles. The van der Waals surface area contributed by atoms with E-state index < -0.39 is 33.1 Å². The molecule has 0 aromatic heterocycles. The lowest BCUT2D eigenvalue weighted by Gasteiger charge is -2.20. The van der Waals surface area contributed by atoms with Gasteiger partial charge in [0.1, 0.15) is 0 Å². The molecule has 2 amide bonds. The minimum atomic E-state index is -3.74. The van der Waals surface area contributed by atoms with Crippen molar-refractivity contribution in [2.75, 3.05) is 16.0 Å². The van der Waals surface area contributed by atoms with Crippen LogP contribution in [0.3, 0.4) is 0 Å². The van der Waals surface area contributed by atoms with Crippen LogP contribution in [0.4, 0.5) is 20.2 Å². The van der Waals surface area contributed by atoms with E-state index in [1.807, 2.05) is 6.92 Å². The van der Waals surface area contributed by atoms with E-state index in [0.29, 0.717) is 12.1 Å². The molecule has 6 nitrogen and oxygen atoms in total. The molecule has 1 heterocycles. The molecule has 2 aromatic carbocycles. The van der Waals surface area contributed by atoms with Crippen LogP contribution >= 0.6 is 0 Å². The highest BCUT2D eigenvalue weighted by atomic mass is 32.2. The van der Waals surface area contributed by atoms with Crippen molar-refractivity contribution >= 4 is 33.0 Å². The third-order valence-electron chi connectivity index (χ3n) is 4.77. The molecular formula is C20H20F2N2O4S. The van der Waals surface area contributed by atoms with Gasteiger partial charge in [-0.05, 0) is 49.2 Å². The molecule has 3 rings (SSSR count). The number of hydrogen-bond acceptors (Lipinski definition) is 4. The lowest BCUT2D eigenvalue weighted by Crippen LogP contribution is -2.33. The first-order valence-electron chi connectivity index (χ1n) is 8.99. The van der Waals surface area contributed by atoms with Crippen LogP contribution in [0, 0.1) is 11.6 Å². The quantitative estimate of drug-likeness (QED) is 0.803. The zero-order chi connectivity index (χ0) is 21.3. The number of nitrogens with zero attached hydrogens (tertiary/aromatic N) is 1. The predicted molar refractivity (Wildman–Crippen MR) is 104 cm³/mol. The van der Waals surface area contributed by atoms with Crippen LogP contribution in [-0.4, -0.2) is 32.0 Å². The number of fused-ring (bicyclic) bond motifs is 1. The van der Waals surface area contributed by atoms with E-state index in [1.54, 1.807) is 11.0 Å². The van der Waals surface area contributed by atoms with Crippen molar-refractivity contribution in [2.45, 2.75) is 37.6 Å². The fourth-order valence-corrected chi connectivity index (χ4v) is 4.71. The van der Waals surface area contributed by atoms with Crippen LogP contribution < -0.4 is 10.2 Å². The molecule has 1 atom stereocenters. The first-order chi connectivity index (χ1) is 13.6. The van der Waals surface area contributed by atoms with Gasteiger partial charge in [0.05, 0.1) is 10.6 Å². The fraction of sp³-hybridized carbons (Fsp3) is 0.300. The molecule has 0 bridgehead atoms. The summed E-state index contributed by atoms with van der Waals surface area (Å²) in [6.45, 7) is 3.35. The Balaban J connectivity index is 1.68. The Morgan fingerprint density at radius 2 is 1.86 bits per heavy atom. The average molecular weight is 422 g/mol. The lowest BCUT2D eigenvalue weighted by atomic mass is 10.1. The zero-order valence-electron chi connectivity index (χ0n) is 15.9. The molecule has 0 saturated heterocycles. The van der Waals surface area contributed by atoms with Crippen molar-refractivity contribution in [3.8, 4) is 0 Å². The van der Waals surface area contributed by atoms with E-state index in [2.05, 4.69) is 5.32 Å². The summed E-state index contributed by atoms with van der Waals surface area (Å²) in [6.07, 6.45) is 0.212. The number of anilines is 2. The number of nitrogens with one attached hydrogen (secondary N) is 1. The standard InChI is InChI=1S/C20H20F2N2O4S/c1-12-9-14-10-16(4-6-19(14)24(12)13(2)25)29(27,28)8-7-20(26)23-15-3-5-17(21)18(22)11-15/h3-6,10-12H,7-9H2,1-2H3,(H,23,26)/t12-/m1/s1. The number of benzene rings is 2. The van der Waals surface area contributed by atoms with Gasteiger partial charge in [-0.3, -0.25) is 9.59 Å². The molecule has 1 N–H and O–H groups in total. The number of rotatable bonds is 5. The Labute approximate surface area is 167 Å². The molecule has 9 heteroatoms. The molecule has 0 spiro atoms. The number of halogens is 2. The average Bonchev–Trinajstić information content (AvgIpc) is 2.98. The number of carbonyl (C=O) groups is 2. The third-order valence-corrected chi connectivity index (χ3v) is 6.48. The predicted octanol–water partition coefficient (Wildman–Crippen LogP) is 3.06. The van der Waals surface area contributed by atoms with Crippen LogP contribution in [0.1, 0.15) is 25.8 Å². The Morgan fingerprint density at radius 1 is 1.14 bits per heavy atom. The summed E-state index contributed by atoms with van der Waals surface area (Å²) >= 11 is 0. The van der Waals surface area contributed by atoms with Crippen LogP contribution in [0.5, 0.6) is 0 Å². The second kappa shape index (κ2) is 7.90. The number of sulfone groups is 1. The number of carbonyl (C=O) groups excluding carboxylic acids is 2. The Hall–Kier alpha value is -2.81. The minimum Gasteiger partial charge on any atom is -0.326 e. The Kier molecular flexibility index (Phi) is 5.70. The van der Waals surface area contributed by atoms with Gasteiger partial charge in [0.25, 0.3) is 0 Å². The molecule has 0 fully saturated rings. The van der Waals surface area contributed by atoms with Gasteiger partial charge >= 0.3 is 0 Å². The summed E-state index contributed by atoms with van der Waals surface area (Å²) in [5, 5.41) is 2.35. The molecule has 154 valence electrons. The van der Waals surface area contributed by atoms with Gasteiger partial charge in [-0.25, -0.2) is 17.2 Å². The van der Waals surface area contributed by atoms with E-state index in [9.17, 15) is 26.8 Å². The lowest BCUT2D eigenvalue weighted by molar-refractivity contribution is -0.117. The van der Waals surface area contributed by atoms with E-state index in [4.69, 9.17) is 0 Å². The normalized spacial score (nSPS) is 15.9. The summed E-state index contributed by atoms with van der Waals surface area (Å²) in [5.41, 5.74) is 1.50. The van der Waals surface area contributed by atoms with E-state index in [-0.39, 0.29) is 29.0 Å². The minimum absolute atomic E-state index is 0.0436. The maximum absolute atomic E-state index is 13.2. The van der Waals surface area contributed by atoms with Gasteiger partial charge in [0, 0.05) is 36.8 Å². The molecule has 0 radical (unpaired) electrons. The summed E-state index contributed by atoms with van der Waals surface area (Å²) in [5.74, 6) is -3.33. The molecule has 29 heavy (non-hydrogen) atoms. The van der Waals surface area contributed by atoms with Crippen molar-refractivity contribution in [3.63, 3.8) is 0 Å². The van der Waals surface area contributed by atoms with E-state index >= 15 is 0 Å². The van der Waals surface area contributed by atoms with Gasteiger partial charge in [0.2, 0.25) is 11.8 Å². The van der Waals surface area contributed by atoms with Gasteiger partial charge in [-0.1, -0.05) is 0 Å².